The minimum atomic E-state index is -3.60. The van der Waals surface area contributed by atoms with Crippen molar-refractivity contribution in [3.8, 4) is 0 Å². The maximum atomic E-state index is 12.3. The van der Waals surface area contributed by atoms with Gasteiger partial charge in [-0.3, -0.25) is 9.36 Å². The summed E-state index contributed by atoms with van der Waals surface area (Å²) in [6.45, 7) is 6.69. The molecule has 0 heterocycles. The molecule has 0 radical (unpaired) electrons. The molecule has 0 aliphatic rings. The Kier molecular flexibility index (Phi) is 5.49. The van der Waals surface area contributed by atoms with E-state index in [1.54, 1.807) is 20.8 Å². The van der Waals surface area contributed by atoms with Gasteiger partial charge in [0.15, 0.2) is 5.16 Å². The van der Waals surface area contributed by atoms with Crippen molar-refractivity contribution in [2.45, 2.75) is 39.3 Å². The molecule has 0 bridgehead atoms. The average Bonchev–Trinajstić information content (AvgIpc) is 2.16. The quantitative estimate of drug-likeness (QED) is 0.690. The minimum absolute atomic E-state index is 0.167. The molecule has 1 N–H and O–H groups in total. The van der Waals surface area contributed by atoms with Gasteiger partial charge in [0.1, 0.15) is 0 Å². The molecule has 1 atom stereocenters. The summed E-state index contributed by atoms with van der Waals surface area (Å²) in [5.41, 5.74) is 0. The first-order chi connectivity index (χ1) is 6.88. The summed E-state index contributed by atoms with van der Waals surface area (Å²) in [4.78, 5) is 11.1. The summed E-state index contributed by atoms with van der Waals surface area (Å²) in [6.07, 6.45) is 0.194. The van der Waals surface area contributed by atoms with Crippen molar-refractivity contribution in [1.29, 1.82) is 0 Å². The SMILES string of the molecule is CCOP(=O)(OCC)C(C)(CC)C(=O)O. The Morgan fingerprint density at radius 2 is 1.67 bits per heavy atom. The van der Waals surface area contributed by atoms with Crippen LogP contribution in [0, 0.1) is 0 Å². The van der Waals surface area contributed by atoms with E-state index >= 15 is 0 Å². The molecule has 0 aromatic carbocycles. The molecular formula is C9H19O5P. The Morgan fingerprint density at radius 3 is 1.87 bits per heavy atom. The fourth-order valence-electron chi connectivity index (χ4n) is 1.12. The van der Waals surface area contributed by atoms with Gasteiger partial charge in [0.25, 0.3) is 0 Å². The molecule has 1 unspecified atom stereocenters. The highest BCUT2D eigenvalue weighted by Gasteiger charge is 2.52. The van der Waals surface area contributed by atoms with Crippen LogP contribution in [0.4, 0.5) is 0 Å². The lowest BCUT2D eigenvalue weighted by Crippen LogP contribution is -2.36. The van der Waals surface area contributed by atoms with E-state index in [9.17, 15) is 9.36 Å². The molecular weight excluding hydrogens is 219 g/mol. The second-order valence-electron chi connectivity index (χ2n) is 3.27. The number of hydrogen-bond acceptors (Lipinski definition) is 4. The van der Waals surface area contributed by atoms with E-state index in [1.165, 1.54) is 6.92 Å². The second kappa shape index (κ2) is 5.64. The number of carboxylic acids is 1. The van der Waals surface area contributed by atoms with Gasteiger partial charge in [-0.15, -0.1) is 0 Å². The van der Waals surface area contributed by atoms with Crippen LogP contribution in [-0.4, -0.2) is 29.4 Å². The number of carboxylic acid groups (broad SMARTS) is 1. The molecule has 6 heteroatoms. The van der Waals surface area contributed by atoms with E-state index in [1.807, 2.05) is 0 Å². The third-order valence-corrected chi connectivity index (χ3v) is 5.26. The van der Waals surface area contributed by atoms with Crippen molar-refractivity contribution in [3.05, 3.63) is 0 Å². The lowest BCUT2D eigenvalue weighted by molar-refractivity contribution is -0.140. The number of aliphatic carboxylic acids is 1. The topological polar surface area (TPSA) is 72.8 Å². The van der Waals surface area contributed by atoms with Crippen LogP contribution in [-0.2, 0) is 18.4 Å². The van der Waals surface area contributed by atoms with Crippen LogP contribution in [0.5, 0.6) is 0 Å². The Bertz CT molecular complexity index is 255. The lowest BCUT2D eigenvalue weighted by atomic mass is 10.1. The second-order valence-corrected chi connectivity index (χ2v) is 5.76. The molecule has 0 aromatic rings. The highest BCUT2D eigenvalue weighted by Crippen LogP contribution is 2.61. The first-order valence-corrected chi connectivity index (χ1v) is 6.54. The zero-order valence-corrected chi connectivity index (χ0v) is 10.5. The van der Waals surface area contributed by atoms with E-state index in [4.69, 9.17) is 14.2 Å². The molecule has 0 fully saturated rings. The molecule has 90 valence electrons. The summed E-state index contributed by atoms with van der Waals surface area (Å²) in [5, 5.41) is 7.62. The highest BCUT2D eigenvalue weighted by molar-refractivity contribution is 7.56. The normalized spacial score (nSPS) is 16.0. The fraction of sp³-hybridized carbons (Fsp3) is 0.889. The predicted octanol–water partition coefficient (Wildman–Crippen LogP) is 2.51. The Balaban J connectivity index is 5.19. The number of hydrogen-bond donors (Lipinski definition) is 1. The first kappa shape index (κ1) is 14.6. The van der Waals surface area contributed by atoms with Gasteiger partial charge in [0.2, 0.25) is 0 Å². The van der Waals surface area contributed by atoms with Gasteiger partial charge in [-0.05, 0) is 27.2 Å². The van der Waals surface area contributed by atoms with E-state index < -0.39 is 18.7 Å². The van der Waals surface area contributed by atoms with Crippen molar-refractivity contribution >= 4 is 13.6 Å². The van der Waals surface area contributed by atoms with E-state index in [2.05, 4.69) is 0 Å². The van der Waals surface area contributed by atoms with Gasteiger partial charge in [-0.1, -0.05) is 6.92 Å². The minimum Gasteiger partial charge on any atom is -0.480 e. The monoisotopic (exact) mass is 238 g/mol. The van der Waals surface area contributed by atoms with Gasteiger partial charge in [-0.25, -0.2) is 0 Å². The third kappa shape index (κ3) is 2.80. The van der Waals surface area contributed by atoms with Crippen LogP contribution in [0.15, 0.2) is 0 Å². The maximum absolute atomic E-state index is 12.3. The molecule has 0 rings (SSSR count). The predicted molar refractivity (Wildman–Crippen MR) is 57.2 cm³/mol. The molecule has 0 aliphatic heterocycles. The summed E-state index contributed by atoms with van der Waals surface area (Å²) in [5.74, 6) is -1.16. The Labute approximate surface area is 90.3 Å². The van der Waals surface area contributed by atoms with Crippen molar-refractivity contribution in [3.63, 3.8) is 0 Å². The molecule has 0 aromatic heterocycles. The van der Waals surface area contributed by atoms with Crippen LogP contribution >= 0.6 is 7.60 Å². The zero-order chi connectivity index (χ0) is 12.1. The molecule has 0 amide bonds. The van der Waals surface area contributed by atoms with Gasteiger partial charge in [-0.2, -0.15) is 0 Å². The van der Waals surface area contributed by atoms with Crippen molar-refractivity contribution in [2.24, 2.45) is 0 Å². The van der Waals surface area contributed by atoms with Crippen LogP contribution in [0.25, 0.3) is 0 Å². The zero-order valence-electron chi connectivity index (χ0n) is 9.65. The highest BCUT2D eigenvalue weighted by atomic mass is 31.2. The third-order valence-electron chi connectivity index (χ3n) is 2.35. The molecule has 0 saturated carbocycles. The van der Waals surface area contributed by atoms with Crippen molar-refractivity contribution < 1.29 is 23.5 Å². The lowest BCUT2D eigenvalue weighted by Gasteiger charge is -2.31. The summed E-state index contributed by atoms with van der Waals surface area (Å²) < 4.78 is 22.4. The number of rotatable bonds is 7. The molecule has 0 saturated heterocycles. The first-order valence-electron chi connectivity index (χ1n) is 5.00. The largest absolute Gasteiger partial charge is 0.480 e. The van der Waals surface area contributed by atoms with E-state index in [-0.39, 0.29) is 19.6 Å². The van der Waals surface area contributed by atoms with Crippen LogP contribution in [0.3, 0.4) is 0 Å². The van der Waals surface area contributed by atoms with Crippen LogP contribution in [0.1, 0.15) is 34.1 Å². The van der Waals surface area contributed by atoms with Crippen molar-refractivity contribution in [1.82, 2.24) is 0 Å². The number of carbonyl (C=O) groups is 1. The smallest absolute Gasteiger partial charge is 0.347 e. The standard InChI is InChI=1S/C9H19O5P/c1-5-9(4,8(10)11)15(12,13-6-2)14-7-3/h5-7H2,1-4H3,(H,10,11). The Hall–Kier alpha value is -0.380. The van der Waals surface area contributed by atoms with Gasteiger partial charge in [0, 0.05) is 0 Å². The summed E-state index contributed by atoms with van der Waals surface area (Å²) >= 11 is 0. The van der Waals surface area contributed by atoms with E-state index in [0.29, 0.717) is 0 Å². The fourth-order valence-corrected chi connectivity index (χ4v) is 3.07. The molecule has 0 spiro atoms. The summed E-state index contributed by atoms with van der Waals surface area (Å²) in [6, 6.07) is 0. The maximum Gasteiger partial charge on any atom is 0.347 e. The molecule has 15 heavy (non-hydrogen) atoms. The van der Waals surface area contributed by atoms with Crippen molar-refractivity contribution in [2.75, 3.05) is 13.2 Å². The van der Waals surface area contributed by atoms with Gasteiger partial charge < -0.3 is 14.2 Å². The van der Waals surface area contributed by atoms with E-state index in [0.717, 1.165) is 0 Å². The summed E-state index contributed by atoms with van der Waals surface area (Å²) in [7, 11) is -3.60. The average molecular weight is 238 g/mol. The van der Waals surface area contributed by atoms with Gasteiger partial charge in [0.05, 0.1) is 13.2 Å². The Morgan fingerprint density at radius 1 is 1.27 bits per heavy atom. The van der Waals surface area contributed by atoms with Crippen LogP contribution < -0.4 is 0 Å². The van der Waals surface area contributed by atoms with Crippen LogP contribution in [0.2, 0.25) is 0 Å². The molecule has 0 aliphatic carbocycles. The molecule has 5 nitrogen and oxygen atoms in total. The van der Waals surface area contributed by atoms with Gasteiger partial charge >= 0.3 is 13.6 Å².